The van der Waals surface area contributed by atoms with Crippen LogP contribution in [-0.4, -0.2) is 27.0 Å². The number of rotatable bonds is 5. The summed E-state index contributed by atoms with van der Waals surface area (Å²) >= 11 is 3.50. The maximum absolute atomic E-state index is 11.3. The number of anilines is 1. The van der Waals surface area contributed by atoms with Gasteiger partial charge < -0.3 is 5.32 Å². The van der Waals surface area contributed by atoms with E-state index in [1.807, 2.05) is 52.9 Å². The monoisotopic (exact) mass is 374 g/mol. The number of nitrogens with one attached hydrogen (secondary N) is 2. The van der Waals surface area contributed by atoms with Crippen molar-refractivity contribution in [3.05, 3.63) is 64.4 Å². The van der Waals surface area contributed by atoms with Crippen LogP contribution in [0.4, 0.5) is 5.82 Å². The molecule has 0 spiro atoms. The van der Waals surface area contributed by atoms with Gasteiger partial charge in [-0.2, -0.15) is 0 Å². The van der Waals surface area contributed by atoms with Gasteiger partial charge in [-0.05, 0) is 33.6 Å². The molecule has 0 atom stereocenters. The van der Waals surface area contributed by atoms with Crippen molar-refractivity contribution in [3.63, 3.8) is 0 Å². The number of carbonyl (C=O) groups excluding carboxylic acids is 1. The van der Waals surface area contributed by atoms with Crippen molar-refractivity contribution in [1.29, 1.82) is 0 Å². The van der Waals surface area contributed by atoms with Gasteiger partial charge in [0.25, 0.3) is 5.91 Å². The fraction of sp³-hybridized carbons (Fsp3) is 0.125. The highest BCUT2D eigenvalue weighted by molar-refractivity contribution is 9.10. The van der Waals surface area contributed by atoms with E-state index in [4.69, 9.17) is 5.21 Å². The summed E-state index contributed by atoms with van der Waals surface area (Å²) in [7, 11) is 0. The Morgan fingerprint density at radius 1 is 1.17 bits per heavy atom. The number of hydrogen-bond donors (Lipinski definition) is 3. The first-order chi connectivity index (χ1) is 11.2. The Balaban J connectivity index is 2.01. The fourth-order valence-electron chi connectivity index (χ4n) is 2.40. The van der Waals surface area contributed by atoms with E-state index in [9.17, 15) is 4.79 Å². The second-order valence-electron chi connectivity index (χ2n) is 5.00. The van der Waals surface area contributed by atoms with E-state index in [-0.39, 0.29) is 6.54 Å². The van der Waals surface area contributed by atoms with E-state index in [0.29, 0.717) is 6.42 Å². The average Bonchev–Trinajstić information content (AvgIpc) is 2.92. The molecule has 7 heteroatoms. The van der Waals surface area contributed by atoms with E-state index in [1.54, 1.807) is 5.48 Å². The third-order valence-corrected chi connectivity index (χ3v) is 4.04. The van der Waals surface area contributed by atoms with Crippen LogP contribution in [0.25, 0.3) is 5.65 Å². The summed E-state index contributed by atoms with van der Waals surface area (Å²) in [6.07, 6.45) is 0.637. The minimum Gasteiger partial charge on any atom is -0.360 e. The smallest absolute Gasteiger partial charge is 0.262 e. The molecule has 0 unspecified atom stereocenters. The van der Waals surface area contributed by atoms with E-state index in [0.717, 1.165) is 27.3 Å². The Morgan fingerprint density at radius 2 is 1.96 bits per heavy atom. The molecule has 0 fully saturated rings. The van der Waals surface area contributed by atoms with Crippen molar-refractivity contribution in [2.45, 2.75) is 6.42 Å². The first-order valence-electron chi connectivity index (χ1n) is 7.05. The van der Waals surface area contributed by atoms with Crippen LogP contribution in [-0.2, 0) is 11.2 Å². The van der Waals surface area contributed by atoms with Gasteiger partial charge in [0.05, 0.1) is 16.8 Å². The molecule has 23 heavy (non-hydrogen) atoms. The SMILES string of the molecule is O=C(CNc1c(Cc2ccccc2)nc2cccc(Br)n12)NO. The van der Waals surface area contributed by atoms with E-state index < -0.39 is 5.91 Å². The van der Waals surface area contributed by atoms with Crippen LogP contribution >= 0.6 is 15.9 Å². The molecular weight excluding hydrogens is 360 g/mol. The Morgan fingerprint density at radius 3 is 2.70 bits per heavy atom. The number of hydrogen-bond acceptors (Lipinski definition) is 4. The van der Waals surface area contributed by atoms with E-state index >= 15 is 0 Å². The Hall–Kier alpha value is -2.38. The molecule has 1 amide bonds. The van der Waals surface area contributed by atoms with Crippen molar-refractivity contribution in [2.24, 2.45) is 0 Å². The zero-order valence-electron chi connectivity index (χ0n) is 12.2. The summed E-state index contributed by atoms with van der Waals surface area (Å²) in [6.45, 7) is -0.0482. The lowest BCUT2D eigenvalue weighted by molar-refractivity contribution is -0.127. The number of carbonyl (C=O) groups is 1. The highest BCUT2D eigenvalue weighted by Crippen LogP contribution is 2.25. The summed E-state index contributed by atoms with van der Waals surface area (Å²) in [6, 6.07) is 15.7. The Bertz CT molecular complexity index is 833. The van der Waals surface area contributed by atoms with Gasteiger partial charge in [0.2, 0.25) is 0 Å². The van der Waals surface area contributed by atoms with Gasteiger partial charge in [-0.3, -0.25) is 14.4 Å². The largest absolute Gasteiger partial charge is 0.360 e. The van der Waals surface area contributed by atoms with Crippen LogP contribution in [0, 0.1) is 0 Å². The molecule has 0 saturated heterocycles. The number of hydroxylamine groups is 1. The van der Waals surface area contributed by atoms with Gasteiger partial charge in [0.1, 0.15) is 11.5 Å². The normalized spacial score (nSPS) is 10.7. The predicted molar refractivity (Wildman–Crippen MR) is 90.6 cm³/mol. The Labute approximate surface area is 141 Å². The van der Waals surface area contributed by atoms with E-state index in [1.165, 1.54) is 0 Å². The van der Waals surface area contributed by atoms with Crippen molar-refractivity contribution in [1.82, 2.24) is 14.9 Å². The molecular formula is C16H15BrN4O2. The predicted octanol–water partition coefficient (Wildman–Crippen LogP) is 2.60. The van der Waals surface area contributed by atoms with Gasteiger partial charge in [0.15, 0.2) is 0 Å². The average molecular weight is 375 g/mol. The van der Waals surface area contributed by atoms with Gasteiger partial charge in [0, 0.05) is 6.42 Å². The van der Waals surface area contributed by atoms with Crippen molar-refractivity contribution in [2.75, 3.05) is 11.9 Å². The molecule has 118 valence electrons. The van der Waals surface area contributed by atoms with Gasteiger partial charge in [-0.15, -0.1) is 0 Å². The molecule has 2 heterocycles. The highest BCUT2D eigenvalue weighted by atomic mass is 79.9. The zero-order chi connectivity index (χ0) is 16.2. The molecule has 0 saturated carbocycles. The van der Waals surface area contributed by atoms with Crippen molar-refractivity contribution >= 4 is 33.3 Å². The minimum atomic E-state index is -0.516. The van der Waals surface area contributed by atoms with Crippen molar-refractivity contribution in [3.8, 4) is 0 Å². The number of imidazole rings is 1. The number of nitrogens with zero attached hydrogens (tertiary/aromatic N) is 2. The molecule has 0 aliphatic carbocycles. The summed E-state index contributed by atoms with van der Waals surface area (Å²) in [5, 5.41) is 11.7. The number of aromatic nitrogens is 2. The maximum Gasteiger partial charge on any atom is 0.262 e. The zero-order valence-corrected chi connectivity index (χ0v) is 13.7. The molecule has 3 N–H and O–H groups in total. The number of amides is 1. The van der Waals surface area contributed by atoms with Crippen LogP contribution in [0.15, 0.2) is 53.1 Å². The van der Waals surface area contributed by atoms with Crippen LogP contribution in [0.1, 0.15) is 11.3 Å². The summed E-state index contributed by atoms with van der Waals surface area (Å²) in [5.41, 5.74) is 4.35. The summed E-state index contributed by atoms with van der Waals surface area (Å²) in [4.78, 5) is 16.0. The highest BCUT2D eigenvalue weighted by Gasteiger charge is 2.15. The topological polar surface area (TPSA) is 78.7 Å². The van der Waals surface area contributed by atoms with Gasteiger partial charge >= 0.3 is 0 Å². The van der Waals surface area contributed by atoms with Crippen LogP contribution in [0.5, 0.6) is 0 Å². The fourth-order valence-corrected chi connectivity index (χ4v) is 2.91. The molecule has 0 aliphatic heterocycles. The minimum absolute atomic E-state index is 0.0482. The standard InChI is InChI=1S/C16H15BrN4O2/c17-13-7-4-8-14-19-12(9-11-5-2-1-3-6-11)16(21(13)14)18-10-15(22)20-23/h1-8,18,23H,9-10H2,(H,20,22). The van der Waals surface area contributed by atoms with Crippen LogP contribution in [0.3, 0.4) is 0 Å². The summed E-state index contributed by atoms with van der Waals surface area (Å²) in [5.74, 6) is 0.206. The lowest BCUT2D eigenvalue weighted by Gasteiger charge is -2.09. The third-order valence-electron chi connectivity index (χ3n) is 3.42. The van der Waals surface area contributed by atoms with Gasteiger partial charge in [-0.25, -0.2) is 10.5 Å². The van der Waals surface area contributed by atoms with Crippen LogP contribution in [0.2, 0.25) is 0 Å². The third kappa shape index (κ3) is 3.35. The molecule has 2 aromatic heterocycles. The number of halogens is 1. The first-order valence-corrected chi connectivity index (χ1v) is 7.85. The second-order valence-corrected chi connectivity index (χ2v) is 5.81. The number of pyridine rings is 1. The molecule has 0 bridgehead atoms. The molecule has 3 aromatic rings. The molecule has 0 aliphatic rings. The quantitative estimate of drug-likeness (QED) is 0.364. The first kappa shape index (κ1) is 15.5. The Kier molecular flexibility index (Phi) is 4.59. The second kappa shape index (κ2) is 6.80. The van der Waals surface area contributed by atoms with Crippen LogP contribution < -0.4 is 10.8 Å². The molecule has 0 radical (unpaired) electrons. The van der Waals surface area contributed by atoms with E-state index in [2.05, 4.69) is 26.2 Å². The maximum atomic E-state index is 11.3. The molecule has 3 rings (SSSR count). The molecule has 1 aromatic carbocycles. The van der Waals surface area contributed by atoms with Crippen molar-refractivity contribution < 1.29 is 10.0 Å². The summed E-state index contributed by atoms with van der Waals surface area (Å²) < 4.78 is 2.72. The lowest BCUT2D eigenvalue weighted by Crippen LogP contribution is -2.27. The number of benzene rings is 1. The van der Waals surface area contributed by atoms with Gasteiger partial charge in [-0.1, -0.05) is 36.4 Å². The molecule has 6 nitrogen and oxygen atoms in total. The lowest BCUT2D eigenvalue weighted by atomic mass is 10.1. The number of fused-ring (bicyclic) bond motifs is 1.